The quantitative estimate of drug-likeness (QED) is 0.406. The van der Waals surface area contributed by atoms with Crippen molar-refractivity contribution in [3.63, 3.8) is 0 Å². The van der Waals surface area contributed by atoms with Gasteiger partial charge in [-0.3, -0.25) is 4.79 Å². The fourth-order valence-electron chi connectivity index (χ4n) is 4.62. The number of nitrogens with one attached hydrogen (secondary N) is 2. The fraction of sp³-hybridized carbons (Fsp3) is 0.250. The number of carbonyl (C=O) groups excluding carboxylic acids is 2. The van der Waals surface area contributed by atoms with Crippen molar-refractivity contribution in [2.75, 3.05) is 11.9 Å². The van der Waals surface area contributed by atoms with Crippen LogP contribution in [0.4, 0.5) is 10.5 Å². The summed E-state index contributed by atoms with van der Waals surface area (Å²) in [5.74, 6) is -1.60. The van der Waals surface area contributed by atoms with E-state index in [9.17, 15) is 19.5 Å². The molecule has 2 amide bonds. The van der Waals surface area contributed by atoms with Gasteiger partial charge in [0.05, 0.1) is 5.56 Å². The molecule has 1 aliphatic carbocycles. The van der Waals surface area contributed by atoms with Crippen molar-refractivity contribution in [3.05, 3.63) is 89.5 Å². The Balaban J connectivity index is 1.46. The highest BCUT2D eigenvalue weighted by molar-refractivity contribution is 6.00. The van der Waals surface area contributed by atoms with Gasteiger partial charge in [0, 0.05) is 11.6 Å². The molecule has 7 nitrogen and oxygen atoms in total. The summed E-state index contributed by atoms with van der Waals surface area (Å²) in [5.41, 5.74) is 3.68. The molecule has 0 heterocycles. The van der Waals surface area contributed by atoms with Crippen molar-refractivity contribution < 1.29 is 24.2 Å². The van der Waals surface area contributed by atoms with Crippen LogP contribution in [0.2, 0.25) is 0 Å². The van der Waals surface area contributed by atoms with Crippen LogP contribution in [0.5, 0.6) is 0 Å². The third kappa shape index (κ3) is 4.75. The van der Waals surface area contributed by atoms with Gasteiger partial charge in [-0.05, 0) is 53.3 Å². The number of amides is 2. The molecule has 0 spiro atoms. The molecule has 4 rings (SSSR count). The van der Waals surface area contributed by atoms with Crippen LogP contribution in [0.15, 0.2) is 72.8 Å². The van der Waals surface area contributed by atoms with Crippen molar-refractivity contribution in [2.24, 2.45) is 0 Å². The van der Waals surface area contributed by atoms with Crippen molar-refractivity contribution in [3.8, 4) is 11.1 Å². The molecule has 3 N–H and O–H groups in total. The molecule has 0 unspecified atom stereocenters. The molecule has 0 aliphatic heterocycles. The number of anilines is 1. The number of carbonyl (C=O) groups is 3. The summed E-state index contributed by atoms with van der Waals surface area (Å²) < 4.78 is 5.64. The summed E-state index contributed by atoms with van der Waals surface area (Å²) in [6, 6.07) is 22.1. The van der Waals surface area contributed by atoms with Crippen LogP contribution in [-0.2, 0) is 9.53 Å². The summed E-state index contributed by atoms with van der Waals surface area (Å²) in [4.78, 5) is 37.3. The number of benzene rings is 3. The van der Waals surface area contributed by atoms with E-state index in [1.54, 1.807) is 26.0 Å². The Bertz CT molecular complexity index is 1220. The standard InChI is InChI=1S/C28H28N2O5/c1-3-28(4-2,26(33)29-19-11-9-10-18(16-19)25(31)32)30-27(34)35-17-24-22-14-7-5-12-20(22)21-13-6-8-15-23(21)24/h5-16,24H,3-4,17H2,1-2H3,(H,29,33)(H,30,34)(H,31,32). The molecule has 0 aromatic heterocycles. The molecule has 0 atom stereocenters. The Morgan fingerprint density at radius 2 is 1.49 bits per heavy atom. The van der Waals surface area contributed by atoms with Gasteiger partial charge in [0.2, 0.25) is 5.91 Å². The van der Waals surface area contributed by atoms with Crippen molar-refractivity contribution >= 4 is 23.7 Å². The van der Waals surface area contributed by atoms with E-state index < -0.39 is 23.5 Å². The lowest BCUT2D eigenvalue weighted by Crippen LogP contribution is -2.56. The number of hydrogen-bond acceptors (Lipinski definition) is 4. The first-order valence-corrected chi connectivity index (χ1v) is 11.7. The van der Waals surface area contributed by atoms with Crippen LogP contribution in [-0.4, -0.2) is 35.2 Å². The lowest BCUT2D eigenvalue weighted by Gasteiger charge is -2.31. The maximum absolute atomic E-state index is 13.2. The summed E-state index contributed by atoms with van der Waals surface area (Å²) >= 11 is 0. The van der Waals surface area contributed by atoms with E-state index in [0.29, 0.717) is 18.5 Å². The second-order valence-electron chi connectivity index (χ2n) is 8.58. The maximum Gasteiger partial charge on any atom is 0.408 e. The second kappa shape index (κ2) is 10.0. The average Bonchev–Trinajstić information content (AvgIpc) is 3.20. The second-order valence-corrected chi connectivity index (χ2v) is 8.58. The van der Waals surface area contributed by atoms with Gasteiger partial charge in [0.25, 0.3) is 0 Å². The highest BCUT2D eigenvalue weighted by atomic mass is 16.5. The Hall–Kier alpha value is -4.13. The van der Waals surface area contributed by atoms with Gasteiger partial charge in [-0.25, -0.2) is 9.59 Å². The van der Waals surface area contributed by atoms with Crippen molar-refractivity contribution in [1.29, 1.82) is 0 Å². The van der Waals surface area contributed by atoms with Crippen LogP contribution in [0, 0.1) is 0 Å². The molecular weight excluding hydrogens is 444 g/mol. The molecule has 0 saturated heterocycles. The van der Waals surface area contributed by atoms with Gasteiger partial charge in [0.1, 0.15) is 12.1 Å². The third-order valence-electron chi connectivity index (χ3n) is 6.69. The van der Waals surface area contributed by atoms with Gasteiger partial charge < -0.3 is 20.5 Å². The molecule has 35 heavy (non-hydrogen) atoms. The zero-order valence-corrected chi connectivity index (χ0v) is 19.7. The molecule has 0 saturated carbocycles. The third-order valence-corrected chi connectivity index (χ3v) is 6.69. The molecular formula is C28H28N2O5. The highest BCUT2D eigenvalue weighted by Crippen LogP contribution is 2.44. The number of rotatable bonds is 8. The van der Waals surface area contributed by atoms with Gasteiger partial charge >= 0.3 is 12.1 Å². The van der Waals surface area contributed by atoms with E-state index >= 15 is 0 Å². The zero-order chi connectivity index (χ0) is 25.0. The van der Waals surface area contributed by atoms with Gasteiger partial charge in [-0.2, -0.15) is 0 Å². The number of fused-ring (bicyclic) bond motifs is 3. The smallest absolute Gasteiger partial charge is 0.408 e. The molecule has 0 radical (unpaired) electrons. The van der Waals surface area contributed by atoms with E-state index in [0.717, 1.165) is 22.3 Å². The highest BCUT2D eigenvalue weighted by Gasteiger charge is 2.38. The largest absolute Gasteiger partial charge is 0.478 e. The normalized spacial score (nSPS) is 12.4. The molecule has 1 aliphatic rings. The van der Waals surface area contributed by atoms with E-state index in [1.807, 2.05) is 36.4 Å². The van der Waals surface area contributed by atoms with E-state index in [1.165, 1.54) is 12.1 Å². The zero-order valence-electron chi connectivity index (χ0n) is 19.7. The van der Waals surface area contributed by atoms with Crippen LogP contribution in [0.3, 0.4) is 0 Å². The monoisotopic (exact) mass is 472 g/mol. The number of hydrogen-bond donors (Lipinski definition) is 3. The van der Waals surface area contributed by atoms with E-state index in [4.69, 9.17) is 4.74 Å². The number of carboxylic acids is 1. The maximum atomic E-state index is 13.2. The first-order chi connectivity index (χ1) is 16.9. The van der Waals surface area contributed by atoms with Crippen molar-refractivity contribution in [1.82, 2.24) is 5.32 Å². The lowest BCUT2D eigenvalue weighted by molar-refractivity contribution is -0.122. The lowest BCUT2D eigenvalue weighted by atomic mass is 9.91. The molecule has 3 aromatic rings. The SMILES string of the molecule is CCC(CC)(NC(=O)OCC1c2ccccc2-c2ccccc21)C(=O)Nc1cccc(C(=O)O)c1. The summed E-state index contributed by atoms with van der Waals surface area (Å²) in [5, 5.41) is 14.7. The van der Waals surface area contributed by atoms with Crippen LogP contribution < -0.4 is 10.6 Å². The molecule has 0 bridgehead atoms. The molecule has 3 aromatic carbocycles. The molecule has 7 heteroatoms. The van der Waals surface area contributed by atoms with Gasteiger partial charge in [-0.1, -0.05) is 68.4 Å². The van der Waals surface area contributed by atoms with Gasteiger partial charge in [0.15, 0.2) is 0 Å². The first kappa shape index (κ1) is 24.0. The average molecular weight is 473 g/mol. The van der Waals surface area contributed by atoms with Crippen LogP contribution >= 0.6 is 0 Å². The Labute approximate surface area is 204 Å². The van der Waals surface area contributed by atoms with E-state index in [-0.39, 0.29) is 18.1 Å². The number of aromatic carboxylic acids is 1. The van der Waals surface area contributed by atoms with Crippen LogP contribution in [0.1, 0.15) is 54.1 Å². The summed E-state index contributed by atoms with van der Waals surface area (Å²) in [6.45, 7) is 3.76. The topological polar surface area (TPSA) is 105 Å². The molecule has 180 valence electrons. The van der Waals surface area contributed by atoms with E-state index in [2.05, 4.69) is 22.8 Å². The first-order valence-electron chi connectivity index (χ1n) is 11.7. The Morgan fingerprint density at radius 1 is 0.886 bits per heavy atom. The summed E-state index contributed by atoms with van der Waals surface area (Å²) in [7, 11) is 0. The predicted octanol–water partition coefficient (Wildman–Crippen LogP) is 5.42. The Morgan fingerprint density at radius 3 is 2.06 bits per heavy atom. The fourth-order valence-corrected chi connectivity index (χ4v) is 4.62. The minimum Gasteiger partial charge on any atom is -0.478 e. The number of carboxylic acid groups (broad SMARTS) is 1. The summed E-state index contributed by atoms with van der Waals surface area (Å²) in [6.07, 6.45) is -0.0129. The number of ether oxygens (including phenoxy) is 1. The predicted molar refractivity (Wildman–Crippen MR) is 134 cm³/mol. The number of alkyl carbamates (subject to hydrolysis) is 1. The minimum atomic E-state index is -1.21. The van der Waals surface area contributed by atoms with Crippen LogP contribution in [0.25, 0.3) is 11.1 Å². The minimum absolute atomic E-state index is 0.0610. The Kier molecular flexibility index (Phi) is 6.87. The van der Waals surface area contributed by atoms with Gasteiger partial charge in [-0.15, -0.1) is 0 Å². The molecule has 0 fully saturated rings. The van der Waals surface area contributed by atoms with Crippen molar-refractivity contribution in [2.45, 2.75) is 38.1 Å².